The lowest BCUT2D eigenvalue weighted by Gasteiger charge is -2.06. The molecule has 0 unspecified atom stereocenters. The zero-order valence-electron chi connectivity index (χ0n) is 11.3. The van der Waals surface area contributed by atoms with Gasteiger partial charge in [-0.3, -0.25) is 9.36 Å². The Balaban J connectivity index is 2.47. The van der Waals surface area contributed by atoms with Crippen molar-refractivity contribution in [1.82, 2.24) is 14.3 Å². The number of aryl methyl sites for hydroxylation is 3. The first-order chi connectivity index (χ1) is 8.90. The minimum atomic E-state index is -0.422. The van der Waals surface area contributed by atoms with Crippen LogP contribution >= 0.6 is 11.8 Å². The van der Waals surface area contributed by atoms with Crippen LogP contribution in [0.3, 0.4) is 0 Å². The highest BCUT2D eigenvalue weighted by Crippen LogP contribution is 2.24. The van der Waals surface area contributed by atoms with Crippen molar-refractivity contribution >= 4 is 11.8 Å². The Bertz CT molecular complexity index is 747. The van der Waals surface area contributed by atoms with Gasteiger partial charge in [-0.1, -0.05) is 17.8 Å². The predicted molar refractivity (Wildman–Crippen MR) is 74.8 cm³/mol. The number of hydrogen-bond donors (Lipinski definition) is 0. The predicted octanol–water partition coefficient (Wildman–Crippen LogP) is 1.25. The average Bonchev–Trinajstić information content (AvgIpc) is 2.38. The number of aromatic nitrogens is 3. The van der Waals surface area contributed by atoms with Crippen molar-refractivity contribution in [2.75, 3.05) is 0 Å². The third-order valence-electron chi connectivity index (χ3n) is 2.99. The van der Waals surface area contributed by atoms with E-state index in [4.69, 9.17) is 0 Å². The van der Waals surface area contributed by atoms with Gasteiger partial charge in [-0.15, -0.1) is 0 Å². The maximum absolute atomic E-state index is 12.0. The first kappa shape index (κ1) is 13.6. The van der Waals surface area contributed by atoms with Gasteiger partial charge in [0.25, 0.3) is 5.56 Å². The smallest absolute Gasteiger partial charge is 0.266 e. The molecule has 0 aliphatic rings. The zero-order valence-corrected chi connectivity index (χ0v) is 12.1. The summed E-state index contributed by atoms with van der Waals surface area (Å²) < 4.78 is 2.24. The van der Waals surface area contributed by atoms with Crippen molar-refractivity contribution in [2.45, 2.75) is 23.8 Å². The van der Waals surface area contributed by atoms with Gasteiger partial charge in [0.15, 0.2) is 5.03 Å². The van der Waals surface area contributed by atoms with Crippen LogP contribution in [0.25, 0.3) is 0 Å². The van der Waals surface area contributed by atoms with E-state index < -0.39 is 5.69 Å². The Labute approximate surface area is 114 Å². The summed E-state index contributed by atoms with van der Waals surface area (Å²) in [5, 5.41) is 4.31. The van der Waals surface area contributed by atoms with Gasteiger partial charge in [0.05, 0.1) is 0 Å². The zero-order chi connectivity index (χ0) is 14.2. The molecule has 0 amide bonds. The van der Waals surface area contributed by atoms with E-state index in [0.717, 1.165) is 15.0 Å². The molecule has 0 aliphatic carbocycles. The van der Waals surface area contributed by atoms with Gasteiger partial charge < -0.3 is 0 Å². The largest absolute Gasteiger partial charge is 0.346 e. The molecule has 0 atom stereocenters. The summed E-state index contributed by atoms with van der Waals surface area (Å²) in [4.78, 5) is 24.4. The highest BCUT2D eigenvalue weighted by atomic mass is 32.2. The molecule has 2 aromatic rings. The second-order valence-electron chi connectivity index (χ2n) is 4.42. The fraction of sp³-hybridized carbons (Fsp3) is 0.308. The van der Waals surface area contributed by atoms with Crippen molar-refractivity contribution in [3.05, 3.63) is 50.2 Å². The van der Waals surface area contributed by atoms with E-state index in [9.17, 15) is 9.59 Å². The molecule has 0 N–H and O–H groups in total. The fourth-order valence-corrected chi connectivity index (χ4v) is 2.60. The molecule has 0 saturated heterocycles. The van der Waals surface area contributed by atoms with Gasteiger partial charge in [0.2, 0.25) is 0 Å². The first-order valence-electron chi connectivity index (χ1n) is 5.79. The SMILES string of the molecule is Cc1ccc(Sc2nn(C)c(=O)n(C)c2=O)cc1C. The number of rotatable bonds is 2. The molecule has 100 valence electrons. The van der Waals surface area contributed by atoms with E-state index in [1.165, 1.54) is 36.1 Å². The maximum Gasteiger partial charge on any atom is 0.346 e. The van der Waals surface area contributed by atoms with Crippen LogP contribution in [-0.2, 0) is 14.1 Å². The fourth-order valence-electron chi connectivity index (χ4n) is 1.62. The van der Waals surface area contributed by atoms with Crippen molar-refractivity contribution in [1.29, 1.82) is 0 Å². The van der Waals surface area contributed by atoms with Gasteiger partial charge in [-0.05, 0) is 37.1 Å². The minimum Gasteiger partial charge on any atom is -0.266 e. The van der Waals surface area contributed by atoms with E-state index in [1.54, 1.807) is 0 Å². The normalized spacial score (nSPS) is 10.7. The van der Waals surface area contributed by atoms with Crippen LogP contribution in [0.1, 0.15) is 11.1 Å². The van der Waals surface area contributed by atoms with Crippen LogP contribution in [0.4, 0.5) is 0 Å². The van der Waals surface area contributed by atoms with Crippen molar-refractivity contribution < 1.29 is 0 Å². The summed E-state index contributed by atoms with van der Waals surface area (Å²) in [6.07, 6.45) is 0. The maximum atomic E-state index is 12.0. The van der Waals surface area contributed by atoms with Crippen molar-refractivity contribution in [2.24, 2.45) is 14.1 Å². The second-order valence-corrected chi connectivity index (χ2v) is 5.49. The molecule has 19 heavy (non-hydrogen) atoms. The quantitative estimate of drug-likeness (QED) is 0.829. The third-order valence-corrected chi connectivity index (χ3v) is 3.92. The number of hydrogen-bond acceptors (Lipinski definition) is 4. The standard InChI is InChI=1S/C13H15N3O2S/c1-8-5-6-10(7-9(8)2)19-11-12(17)15(3)13(18)16(4)14-11/h5-7H,1-4H3. The van der Waals surface area contributed by atoms with Crippen molar-refractivity contribution in [3.63, 3.8) is 0 Å². The monoisotopic (exact) mass is 277 g/mol. The second kappa shape index (κ2) is 5.05. The van der Waals surface area contributed by atoms with Gasteiger partial charge in [-0.25, -0.2) is 9.48 Å². The number of nitrogens with zero attached hydrogens (tertiary/aromatic N) is 3. The summed E-state index contributed by atoms with van der Waals surface area (Å²) in [6.45, 7) is 4.05. The molecule has 0 aliphatic heterocycles. The first-order valence-corrected chi connectivity index (χ1v) is 6.61. The molecule has 0 radical (unpaired) electrons. The Morgan fingerprint density at radius 3 is 2.42 bits per heavy atom. The molecule has 1 heterocycles. The third kappa shape index (κ3) is 2.63. The van der Waals surface area contributed by atoms with Gasteiger partial charge in [-0.2, -0.15) is 5.10 Å². The molecule has 0 fully saturated rings. The van der Waals surface area contributed by atoms with Crippen LogP contribution in [0.15, 0.2) is 37.7 Å². The molecule has 5 nitrogen and oxygen atoms in total. The Kier molecular flexibility index (Phi) is 3.61. The van der Waals surface area contributed by atoms with E-state index in [-0.39, 0.29) is 5.56 Å². The van der Waals surface area contributed by atoms with Gasteiger partial charge >= 0.3 is 5.69 Å². The summed E-state index contributed by atoms with van der Waals surface area (Å²) >= 11 is 1.27. The van der Waals surface area contributed by atoms with E-state index in [0.29, 0.717) is 5.03 Å². The Hall–Kier alpha value is -1.82. The lowest BCUT2D eigenvalue weighted by atomic mass is 10.1. The summed E-state index contributed by atoms with van der Waals surface area (Å²) in [6, 6.07) is 5.95. The molecule has 1 aromatic carbocycles. The van der Waals surface area contributed by atoms with E-state index in [2.05, 4.69) is 5.10 Å². The Morgan fingerprint density at radius 1 is 1.11 bits per heavy atom. The van der Waals surface area contributed by atoms with E-state index in [1.807, 2.05) is 32.0 Å². The summed E-state index contributed by atoms with van der Waals surface area (Å²) in [5.74, 6) is 0. The topological polar surface area (TPSA) is 56.9 Å². The summed E-state index contributed by atoms with van der Waals surface area (Å²) in [5.41, 5.74) is 1.57. The molecule has 6 heteroatoms. The molecular formula is C13H15N3O2S. The van der Waals surface area contributed by atoms with Crippen LogP contribution in [0.5, 0.6) is 0 Å². The highest BCUT2D eigenvalue weighted by molar-refractivity contribution is 7.99. The lowest BCUT2D eigenvalue weighted by molar-refractivity contribution is 0.562. The van der Waals surface area contributed by atoms with Crippen LogP contribution in [0.2, 0.25) is 0 Å². The molecule has 2 rings (SSSR count). The van der Waals surface area contributed by atoms with Crippen LogP contribution in [0, 0.1) is 13.8 Å². The molecule has 0 bridgehead atoms. The Morgan fingerprint density at radius 2 is 1.79 bits per heavy atom. The van der Waals surface area contributed by atoms with Crippen LogP contribution in [-0.4, -0.2) is 14.3 Å². The highest BCUT2D eigenvalue weighted by Gasteiger charge is 2.10. The molecule has 0 saturated carbocycles. The van der Waals surface area contributed by atoms with Crippen molar-refractivity contribution in [3.8, 4) is 0 Å². The lowest BCUT2D eigenvalue weighted by Crippen LogP contribution is -2.39. The molecule has 1 aromatic heterocycles. The summed E-state index contributed by atoms with van der Waals surface area (Å²) in [7, 11) is 2.99. The van der Waals surface area contributed by atoms with Crippen LogP contribution < -0.4 is 11.2 Å². The number of benzene rings is 1. The van der Waals surface area contributed by atoms with Gasteiger partial charge in [0, 0.05) is 19.0 Å². The molecule has 0 spiro atoms. The molecular weight excluding hydrogens is 262 g/mol. The van der Waals surface area contributed by atoms with E-state index >= 15 is 0 Å². The minimum absolute atomic E-state index is 0.299. The average molecular weight is 277 g/mol. The van der Waals surface area contributed by atoms with Gasteiger partial charge in [0.1, 0.15) is 0 Å².